The van der Waals surface area contributed by atoms with Crippen LogP contribution in [0.5, 0.6) is 0 Å². The predicted octanol–water partition coefficient (Wildman–Crippen LogP) is 1.71. The van der Waals surface area contributed by atoms with E-state index in [4.69, 9.17) is 5.26 Å². The minimum atomic E-state index is -0.676. The molecule has 11 heavy (non-hydrogen) atoms. The maximum absolute atomic E-state index is 12.8. The first-order valence-corrected chi connectivity index (χ1v) is 3.19. The first kappa shape index (κ1) is 7.67. The monoisotopic (exact) mass is 150 g/mol. The molecule has 0 amide bonds. The van der Waals surface area contributed by atoms with Crippen LogP contribution in [-0.2, 0) is 0 Å². The zero-order valence-electron chi connectivity index (χ0n) is 6.35. The lowest BCUT2D eigenvalue weighted by Crippen LogP contribution is -1.95. The summed E-state index contributed by atoms with van der Waals surface area (Å²) < 4.78 is 12.8. The number of hydrogen-bond donors (Lipinski definition) is 0. The SMILES string of the molecule is Cc1cc(C)c(C#N)c(F)n1. The Balaban J connectivity index is 3.40. The molecule has 0 saturated heterocycles. The van der Waals surface area contributed by atoms with Crippen molar-refractivity contribution in [2.24, 2.45) is 0 Å². The number of aromatic nitrogens is 1. The summed E-state index contributed by atoms with van der Waals surface area (Å²) in [6, 6.07) is 3.44. The lowest BCUT2D eigenvalue weighted by molar-refractivity contribution is 0.574. The maximum Gasteiger partial charge on any atom is 0.231 e. The summed E-state index contributed by atoms with van der Waals surface area (Å²) in [5.41, 5.74) is 1.27. The number of nitriles is 1. The van der Waals surface area contributed by atoms with Crippen molar-refractivity contribution in [1.29, 1.82) is 5.26 Å². The molecule has 0 fully saturated rings. The van der Waals surface area contributed by atoms with Gasteiger partial charge in [-0.2, -0.15) is 9.65 Å². The third-order valence-corrected chi connectivity index (χ3v) is 1.41. The van der Waals surface area contributed by atoms with Gasteiger partial charge in [-0.25, -0.2) is 4.98 Å². The molecule has 0 bridgehead atoms. The zero-order valence-corrected chi connectivity index (χ0v) is 6.35. The van der Waals surface area contributed by atoms with Crippen LogP contribution in [0.4, 0.5) is 4.39 Å². The normalized spacial score (nSPS) is 9.27. The fraction of sp³-hybridized carbons (Fsp3) is 0.250. The van der Waals surface area contributed by atoms with Gasteiger partial charge in [0.1, 0.15) is 11.6 Å². The molecule has 0 radical (unpaired) electrons. The lowest BCUT2D eigenvalue weighted by atomic mass is 10.1. The van der Waals surface area contributed by atoms with Gasteiger partial charge in [0.15, 0.2) is 0 Å². The minimum absolute atomic E-state index is 0.0376. The van der Waals surface area contributed by atoms with Gasteiger partial charge in [0.25, 0.3) is 0 Å². The van der Waals surface area contributed by atoms with E-state index in [1.165, 1.54) is 0 Å². The highest BCUT2D eigenvalue weighted by Crippen LogP contribution is 2.10. The van der Waals surface area contributed by atoms with Crippen molar-refractivity contribution in [2.75, 3.05) is 0 Å². The van der Waals surface area contributed by atoms with Gasteiger partial charge in [0.05, 0.1) is 0 Å². The fourth-order valence-corrected chi connectivity index (χ4v) is 0.926. The molecule has 56 valence electrons. The molecule has 1 rings (SSSR count). The molecule has 1 heterocycles. The summed E-state index contributed by atoms with van der Waals surface area (Å²) >= 11 is 0. The van der Waals surface area contributed by atoms with Gasteiger partial charge in [-0.15, -0.1) is 0 Å². The second kappa shape index (κ2) is 2.67. The van der Waals surface area contributed by atoms with E-state index in [1.807, 2.05) is 0 Å². The van der Waals surface area contributed by atoms with Crippen LogP contribution in [0.1, 0.15) is 16.8 Å². The Morgan fingerprint density at radius 2 is 2.18 bits per heavy atom. The number of hydrogen-bond acceptors (Lipinski definition) is 2. The van der Waals surface area contributed by atoms with E-state index in [9.17, 15) is 4.39 Å². The van der Waals surface area contributed by atoms with E-state index < -0.39 is 5.95 Å². The molecule has 0 spiro atoms. The Morgan fingerprint density at radius 1 is 1.55 bits per heavy atom. The molecule has 0 aliphatic heterocycles. The minimum Gasteiger partial charge on any atom is -0.224 e. The van der Waals surface area contributed by atoms with Crippen molar-refractivity contribution >= 4 is 0 Å². The Labute approximate surface area is 64.3 Å². The van der Waals surface area contributed by atoms with Crippen LogP contribution in [-0.4, -0.2) is 4.98 Å². The van der Waals surface area contributed by atoms with Gasteiger partial charge < -0.3 is 0 Å². The average Bonchev–Trinajstić information content (AvgIpc) is 1.85. The van der Waals surface area contributed by atoms with Crippen LogP contribution in [0.2, 0.25) is 0 Å². The Hall–Kier alpha value is -1.43. The zero-order chi connectivity index (χ0) is 8.43. The van der Waals surface area contributed by atoms with E-state index in [1.54, 1.807) is 26.0 Å². The van der Waals surface area contributed by atoms with E-state index >= 15 is 0 Å². The van der Waals surface area contributed by atoms with Crippen molar-refractivity contribution in [3.63, 3.8) is 0 Å². The molecule has 0 atom stereocenters. The first-order chi connectivity index (χ1) is 5.15. The number of nitrogens with zero attached hydrogens (tertiary/aromatic N) is 2. The highest BCUT2D eigenvalue weighted by atomic mass is 19.1. The fourth-order valence-electron chi connectivity index (χ4n) is 0.926. The summed E-state index contributed by atoms with van der Waals surface area (Å²) in [6.45, 7) is 3.38. The summed E-state index contributed by atoms with van der Waals surface area (Å²) in [4.78, 5) is 3.52. The maximum atomic E-state index is 12.8. The predicted molar refractivity (Wildman–Crippen MR) is 38.4 cm³/mol. The Morgan fingerprint density at radius 3 is 2.64 bits per heavy atom. The van der Waals surface area contributed by atoms with Crippen molar-refractivity contribution in [2.45, 2.75) is 13.8 Å². The standard InChI is InChI=1S/C8H7FN2/c1-5-3-6(2)11-8(9)7(5)4-10/h3H,1-2H3. The van der Waals surface area contributed by atoms with Crippen LogP contribution in [0.15, 0.2) is 6.07 Å². The van der Waals surface area contributed by atoms with Crippen molar-refractivity contribution in [1.82, 2.24) is 4.98 Å². The summed E-state index contributed by atoms with van der Waals surface area (Å²) in [5.74, 6) is -0.676. The number of aryl methyl sites for hydroxylation is 2. The molecule has 1 aromatic heterocycles. The summed E-state index contributed by atoms with van der Waals surface area (Å²) in [5, 5.41) is 8.46. The molecule has 0 unspecified atom stereocenters. The van der Waals surface area contributed by atoms with Gasteiger partial charge >= 0.3 is 0 Å². The van der Waals surface area contributed by atoms with Gasteiger partial charge in [-0.05, 0) is 25.5 Å². The van der Waals surface area contributed by atoms with Gasteiger partial charge in [-0.1, -0.05) is 0 Å². The van der Waals surface area contributed by atoms with Crippen molar-refractivity contribution < 1.29 is 4.39 Å². The van der Waals surface area contributed by atoms with Crippen LogP contribution < -0.4 is 0 Å². The highest BCUT2D eigenvalue weighted by Gasteiger charge is 2.06. The van der Waals surface area contributed by atoms with Crippen LogP contribution in [0.3, 0.4) is 0 Å². The van der Waals surface area contributed by atoms with Gasteiger partial charge in [-0.3, -0.25) is 0 Å². The molecule has 3 heteroatoms. The van der Waals surface area contributed by atoms with E-state index in [-0.39, 0.29) is 5.56 Å². The van der Waals surface area contributed by atoms with E-state index in [2.05, 4.69) is 4.98 Å². The third-order valence-electron chi connectivity index (χ3n) is 1.41. The Bertz CT molecular complexity index is 302. The van der Waals surface area contributed by atoms with Crippen LogP contribution >= 0.6 is 0 Å². The summed E-state index contributed by atoms with van der Waals surface area (Å²) in [6.07, 6.45) is 0. The lowest BCUT2D eigenvalue weighted by Gasteiger charge is -1.98. The quantitative estimate of drug-likeness (QED) is 0.528. The largest absolute Gasteiger partial charge is 0.231 e. The Kier molecular flexibility index (Phi) is 1.86. The van der Waals surface area contributed by atoms with Crippen molar-refractivity contribution in [3.05, 3.63) is 28.8 Å². The molecule has 0 N–H and O–H groups in total. The number of halogens is 1. The van der Waals surface area contributed by atoms with Crippen molar-refractivity contribution in [3.8, 4) is 6.07 Å². The number of pyridine rings is 1. The number of rotatable bonds is 0. The molecular formula is C8H7FN2. The summed E-state index contributed by atoms with van der Waals surface area (Å²) in [7, 11) is 0. The molecule has 2 nitrogen and oxygen atoms in total. The molecule has 0 aliphatic carbocycles. The van der Waals surface area contributed by atoms with Gasteiger partial charge in [0.2, 0.25) is 5.95 Å². The molecule has 0 saturated carbocycles. The molecule has 1 aromatic rings. The van der Waals surface area contributed by atoms with E-state index in [0.717, 1.165) is 0 Å². The van der Waals surface area contributed by atoms with Crippen LogP contribution in [0.25, 0.3) is 0 Å². The topological polar surface area (TPSA) is 36.7 Å². The molecule has 0 aliphatic rings. The molecule has 0 aromatic carbocycles. The highest BCUT2D eigenvalue weighted by molar-refractivity contribution is 5.36. The van der Waals surface area contributed by atoms with Crippen LogP contribution in [0, 0.1) is 31.1 Å². The second-order valence-corrected chi connectivity index (χ2v) is 2.36. The average molecular weight is 150 g/mol. The van der Waals surface area contributed by atoms with Gasteiger partial charge in [0, 0.05) is 5.69 Å². The third kappa shape index (κ3) is 1.35. The smallest absolute Gasteiger partial charge is 0.224 e. The molecular weight excluding hydrogens is 143 g/mol. The second-order valence-electron chi connectivity index (χ2n) is 2.36. The van der Waals surface area contributed by atoms with E-state index in [0.29, 0.717) is 11.3 Å². The first-order valence-electron chi connectivity index (χ1n) is 3.19.